The van der Waals surface area contributed by atoms with E-state index in [2.05, 4.69) is 11.9 Å². The third-order valence-electron chi connectivity index (χ3n) is 5.86. The highest BCUT2D eigenvalue weighted by Gasteiger charge is 2.37. The van der Waals surface area contributed by atoms with Gasteiger partial charge < -0.3 is 14.2 Å². The summed E-state index contributed by atoms with van der Waals surface area (Å²) in [5.41, 5.74) is 2.02. The summed E-state index contributed by atoms with van der Waals surface area (Å²) >= 11 is 0. The van der Waals surface area contributed by atoms with Crippen LogP contribution < -0.4 is 24.4 Å². The van der Waals surface area contributed by atoms with Gasteiger partial charge in [-0.2, -0.15) is 0 Å². The predicted molar refractivity (Wildman–Crippen MR) is 144 cm³/mol. The molecular weight excluding hydrogens is 503 g/mol. The van der Waals surface area contributed by atoms with Gasteiger partial charge in [0.1, 0.15) is 23.7 Å². The van der Waals surface area contributed by atoms with Gasteiger partial charge in [0.25, 0.3) is 11.8 Å². The smallest absolute Gasteiger partial charge is 0.335 e. The first-order valence-corrected chi connectivity index (χ1v) is 12.2. The van der Waals surface area contributed by atoms with E-state index in [9.17, 15) is 18.8 Å². The summed E-state index contributed by atoms with van der Waals surface area (Å²) in [5.74, 6) is -0.499. The number of amides is 4. The highest BCUT2D eigenvalue weighted by Crippen LogP contribution is 2.36. The lowest BCUT2D eigenvalue weighted by molar-refractivity contribution is -0.122. The van der Waals surface area contributed by atoms with Crippen LogP contribution in [0.4, 0.5) is 14.9 Å². The average molecular weight is 531 g/mol. The number of methoxy groups -OCH3 is 1. The van der Waals surface area contributed by atoms with Crippen molar-refractivity contribution in [1.82, 2.24) is 5.32 Å². The Bertz CT molecular complexity index is 1430. The molecule has 1 aliphatic rings. The molecule has 0 radical (unpaired) electrons. The molecule has 1 heterocycles. The van der Waals surface area contributed by atoms with E-state index in [-0.39, 0.29) is 23.7 Å². The minimum atomic E-state index is -0.848. The average Bonchev–Trinajstić information content (AvgIpc) is 2.92. The minimum Gasteiger partial charge on any atom is -0.497 e. The van der Waals surface area contributed by atoms with Crippen LogP contribution in [0.15, 0.2) is 78.9 Å². The van der Waals surface area contributed by atoms with Crippen LogP contribution in [0.3, 0.4) is 0 Å². The number of hydrogen-bond donors (Lipinski definition) is 1. The summed E-state index contributed by atoms with van der Waals surface area (Å²) < 4.78 is 30.3. The summed E-state index contributed by atoms with van der Waals surface area (Å²) in [4.78, 5) is 39.5. The summed E-state index contributed by atoms with van der Waals surface area (Å²) in [7, 11) is 1.50. The van der Waals surface area contributed by atoms with Crippen molar-refractivity contribution >= 4 is 29.6 Å². The van der Waals surface area contributed by atoms with Crippen LogP contribution in [0.25, 0.3) is 6.08 Å². The number of halogens is 1. The molecule has 0 unspecified atom stereocenters. The molecule has 3 aromatic carbocycles. The fraction of sp³-hybridized carbons (Fsp3) is 0.167. The van der Waals surface area contributed by atoms with Crippen LogP contribution in [-0.2, 0) is 22.6 Å². The summed E-state index contributed by atoms with van der Waals surface area (Å²) in [5, 5.41) is 2.22. The van der Waals surface area contributed by atoms with Crippen molar-refractivity contribution in [3.8, 4) is 17.2 Å². The summed E-state index contributed by atoms with van der Waals surface area (Å²) in [6.07, 6.45) is 3.50. The molecule has 4 amide bonds. The van der Waals surface area contributed by atoms with Gasteiger partial charge in [0, 0.05) is 5.56 Å². The number of hydrogen-bond acceptors (Lipinski definition) is 6. The molecule has 1 fully saturated rings. The molecule has 1 N–H and O–H groups in total. The molecule has 9 heteroatoms. The maximum absolute atomic E-state index is 13.3. The van der Waals surface area contributed by atoms with E-state index in [0.29, 0.717) is 41.4 Å². The number of urea groups is 1. The molecule has 1 aliphatic heterocycles. The standard InChI is InChI=1S/C30H27FN2O6/c1-4-6-21-15-20(17-26(38-5-2)27(21)39-18-19-7-9-22(31)10-8-19)16-25-28(34)32-30(36)33(29(25)35)23-11-13-24(37-3)14-12-23/h4,7-17H,1,5-6,18H2,2-3H3,(H,32,34,36)/b25-16+. The quantitative estimate of drug-likeness (QED) is 0.220. The molecular formula is C30H27FN2O6. The fourth-order valence-electron chi connectivity index (χ4n) is 4.03. The number of anilines is 1. The van der Waals surface area contributed by atoms with E-state index >= 15 is 0 Å². The number of allylic oxidation sites excluding steroid dienone is 1. The lowest BCUT2D eigenvalue weighted by Gasteiger charge is -2.26. The lowest BCUT2D eigenvalue weighted by atomic mass is 10.0. The number of carbonyl (C=O) groups excluding carboxylic acids is 3. The first-order chi connectivity index (χ1) is 18.8. The van der Waals surface area contributed by atoms with E-state index in [4.69, 9.17) is 14.2 Å². The van der Waals surface area contributed by atoms with Gasteiger partial charge in [0.05, 0.1) is 19.4 Å². The molecule has 0 atom stereocenters. The molecule has 0 aromatic heterocycles. The molecule has 8 nitrogen and oxygen atoms in total. The maximum atomic E-state index is 13.3. The van der Waals surface area contributed by atoms with Gasteiger partial charge in [-0.3, -0.25) is 14.9 Å². The number of nitrogens with one attached hydrogen (secondary N) is 1. The van der Waals surface area contributed by atoms with Crippen LogP contribution >= 0.6 is 0 Å². The van der Waals surface area contributed by atoms with Crippen molar-refractivity contribution in [2.45, 2.75) is 20.0 Å². The predicted octanol–water partition coefficient (Wildman–Crippen LogP) is 5.21. The highest BCUT2D eigenvalue weighted by atomic mass is 19.1. The normalized spacial score (nSPS) is 14.3. The first-order valence-electron chi connectivity index (χ1n) is 12.2. The van der Waals surface area contributed by atoms with E-state index in [1.54, 1.807) is 54.6 Å². The lowest BCUT2D eigenvalue weighted by Crippen LogP contribution is -2.54. The SMILES string of the molecule is C=CCc1cc(/C=C2\C(=O)NC(=O)N(c3ccc(OC)cc3)C2=O)cc(OCC)c1OCc1ccc(F)cc1. The van der Waals surface area contributed by atoms with Crippen LogP contribution in [0.1, 0.15) is 23.6 Å². The largest absolute Gasteiger partial charge is 0.497 e. The van der Waals surface area contributed by atoms with Crippen LogP contribution in [0.5, 0.6) is 17.2 Å². The Labute approximate surface area is 225 Å². The zero-order valence-corrected chi connectivity index (χ0v) is 21.5. The van der Waals surface area contributed by atoms with Gasteiger partial charge in [0.15, 0.2) is 11.5 Å². The van der Waals surface area contributed by atoms with E-state index < -0.39 is 17.8 Å². The van der Waals surface area contributed by atoms with Gasteiger partial charge in [-0.05, 0) is 79.1 Å². The second-order valence-corrected chi connectivity index (χ2v) is 8.50. The van der Waals surface area contributed by atoms with E-state index in [1.807, 2.05) is 6.92 Å². The molecule has 200 valence electrons. The van der Waals surface area contributed by atoms with Gasteiger partial charge >= 0.3 is 6.03 Å². The molecule has 0 bridgehead atoms. The number of imide groups is 2. The maximum Gasteiger partial charge on any atom is 0.335 e. The topological polar surface area (TPSA) is 94.2 Å². The van der Waals surface area contributed by atoms with E-state index in [1.165, 1.54) is 25.3 Å². The number of nitrogens with zero attached hydrogens (tertiary/aromatic N) is 1. The molecule has 0 spiro atoms. The van der Waals surface area contributed by atoms with Gasteiger partial charge in [-0.1, -0.05) is 18.2 Å². The second-order valence-electron chi connectivity index (χ2n) is 8.50. The Morgan fingerprint density at radius 1 is 1.00 bits per heavy atom. The first kappa shape index (κ1) is 27.1. The van der Waals surface area contributed by atoms with Gasteiger partial charge in [-0.25, -0.2) is 14.1 Å². The number of carbonyl (C=O) groups is 3. The van der Waals surface area contributed by atoms with Crippen LogP contribution in [-0.4, -0.2) is 31.6 Å². The number of rotatable bonds is 10. The molecule has 1 saturated heterocycles. The second kappa shape index (κ2) is 12.1. The minimum absolute atomic E-state index is 0.171. The van der Waals surface area contributed by atoms with Crippen molar-refractivity contribution < 1.29 is 33.0 Å². The van der Waals surface area contributed by atoms with Crippen molar-refractivity contribution in [1.29, 1.82) is 0 Å². The van der Waals surface area contributed by atoms with Crippen LogP contribution in [0, 0.1) is 5.82 Å². The van der Waals surface area contributed by atoms with Crippen LogP contribution in [0.2, 0.25) is 0 Å². The van der Waals surface area contributed by atoms with Gasteiger partial charge in [0.2, 0.25) is 0 Å². The summed E-state index contributed by atoms with van der Waals surface area (Å²) in [6, 6.07) is 14.8. The van der Waals surface area contributed by atoms with Crippen molar-refractivity contribution in [2.75, 3.05) is 18.6 Å². The highest BCUT2D eigenvalue weighted by molar-refractivity contribution is 6.39. The van der Waals surface area contributed by atoms with Gasteiger partial charge in [-0.15, -0.1) is 6.58 Å². The molecule has 3 aromatic rings. The summed E-state index contributed by atoms with van der Waals surface area (Å²) in [6.45, 7) is 6.13. The number of ether oxygens (including phenoxy) is 3. The van der Waals surface area contributed by atoms with Crippen molar-refractivity contribution in [3.05, 3.63) is 101 Å². The Hall–Kier alpha value is -4.92. The fourth-order valence-corrected chi connectivity index (χ4v) is 4.03. The number of barbiturate groups is 1. The third-order valence-corrected chi connectivity index (χ3v) is 5.86. The Balaban J connectivity index is 1.70. The molecule has 4 rings (SSSR count). The Kier molecular flexibility index (Phi) is 8.40. The molecule has 0 aliphatic carbocycles. The van der Waals surface area contributed by atoms with Crippen molar-refractivity contribution in [3.63, 3.8) is 0 Å². The zero-order valence-electron chi connectivity index (χ0n) is 21.5. The van der Waals surface area contributed by atoms with E-state index in [0.717, 1.165) is 10.5 Å². The Morgan fingerprint density at radius 3 is 2.36 bits per heavy atom. The Morgan fingerprint density at radius 2 is 1.72 bits per heavy atom. The third kappa shape index (κ3) is 6.15. The monoisotopic (exact) mass is 530 g/mol. The molecule has 39 heavy (non-hydrogen) atoms. The number of benzene rings is 3. The zero-order chi connectivity index (χ0) is 27.9. The van der Waals surface area contributed by atoms with Crippen molar-refractivity contribution in [2.24, 2.45) is 0 Å². The molecule has 0 saturated carbocycles.